The van der Waals surface area contributed by atoms with Gasteiger partial charge in [0.05, 0.1) is 19.8 Å². The minimum absolute atomic E-state index is 0.232. The van der Waals surface area contributed by atoms with Crippen molar-refractivity contribution in [3.8, 4) is 5.75 Å². The summed E-state index contributed by atoms with van der Waals surface area (Å²) in [5.41, 5.74) is 0.945. The van der Waals surface area contributed by atoms with Gasteiger partial charge in [-0.15, -0.1) is 0 Å². The molecule has 27 heavy (non-hydrogen) atoms. The zero-order valence-electron chi connectivity index (χ0n) is 15.8. The second-order valence-electron chi connectivity index (χ2n) is 6.64. The van der Waals surface area contributed by atoms with Crippen molar-refractivity contribution in [2.75, 3.05) is 39.5 Å². The van der Waals surface area contributed by atoms with E-state index in [1.807, 2.05) is 13.8 Å². The van der Waals surface area contributed by atoms with Crippen molar-refractivity contribution in [2.24, 2.45) is 0 Å². The maximum Gasteiger partial charge on any atom is 0.407 e. The Morgan fingerprint density at radius 1 is 1.37 bits per heavy atom. The van der Waals surface area contributed by atoms with Crippen LogP contribution in [0.5, 0.6) is 5.75 Å². The number of nitrogens with one attached hydrogen (secondary N) is 1. The average Bonchev–Trinajstić information content (AvgIpc) is 3.08. The molecule has 1 aromatic carbocycles. The lowest BCUT2D eigenvalue weighted by atomic mass is 10.0. The Bertz CT molecular complexity index is 626. The molecule has 150 valence electrons. The first-order valence-corrected chi connectivity index (χ1v) is 9.13. The molecule has 1 fully saturated rings. The second kappa shape index (κ2) is 10.7. The first kappa shape index (κ1) is 21.0. The van der Waals surface area contributed by atoms with Gasteiger partial charge in [0.2, 0.25) is 6.41 Å². The van der Waals surface area contributed by atoms with Crippen LogP contribution in [-0.4, -0.2) is 63.0 Å². The molecule has 0 aromatic heterocycles. The molecule has 0 bridgehead atoms. The molecule has 1 atom stereocenters. The molecule has 0 aliphatic carbocycles. The fraction of sp³-hybridized carbons (Fsp3) is 0.579. The van der Waals surface area contributed by atoms with E-state index in [1.54, 1.807) is 11.0 Å². The van der Waals surface area contributed by atoms with E-state index in [-0.39, 0.29) is 24.4 Å². The largest absolute Gasteiger partial charge is 0.491 e. The summed E-state index contributed by atoms with van der Waals surface area (Å²) < 4.78 is 29.6. The van der Waals surface area contributed by atoms with E-state index in [9.17, 15) is 14.0 Å². The number of hydrogen-bond acceptors (Lipinski definition) is 5. The molecule has 0 spiro atoms. The third-order valence-electron chi connectivity index (χ3n) is 4.20. The van der Waals surface area contributed by atoms with E-state index in [1.165, 1.54) is 12.1 Å². The highest BCUT2D eigenvalue weighted by Crippen LogP contribution is 2.27. The molecule has 2 amide bonds. The minimum Gasteiger partial charge on any atom is -0.491 e. The molecule has 1 aromatic rings. The zero-order valence-corrected chi connectivity index (χ0v) is 15.8. The molecular formula is C19H27FN2O5. The number of nitrogens with zero attached hydrogens (tertiary/aromatic N) is 1. The van der Waals surface area contributed by atoms with Gasteiger partial charge >= 0.3 is 6.09 Å². The lowest BCUT2D eigenvalue weighted by Gasteiger charge is -2.14. The average molecular weight is 382 g/mol. The Labute approximate surface area is 158 Å². The third kappa shape index (κ3) is 7.05. The van der Waals surface area contributed by atoms with Crippen LogP contribution >= 0.6 is 0 Å². The first-order valence-electron chi connectivity index (χ1n) is 9.13. The van der Waals surface area contributed by atoms with E-state index in [0.717, 1.165) is 12.0 Å². The van der Waals surface area contributed by atoms with E-state index < -0.39 is 6.09 Å². The minimum atomic E-state index is -0.520. The molecule has 8 heteroatoms. The van der Waals surface area contributed by atoms with Gasteiger partial charge in [-0.05, 0) is 17.5 Å². The zero-order chi connectivity index (χ0) is 19.6. The predicted molar refractivity (Wildman–Crippen MR) is 97.3 cm³/mol. The molecule has 1 aliphatic rings. The Kier molecular flexibility index (Phi) is 8.32. The van der Waals surface area contributed by atoms with Gasteiger partial charge in [0.25, 0.3) is 0 Å². The maximum atomic E-state index is 13.4. The molecule has 1 aliphatic heterocycles. The highest BCUT2D eigenvalue weighted by molar-refractivity contribution is 5.67. The first-order chi connectivity index (χ1) is 13.0. The standard InChI is InChI=1S/C19H27FN2O5/c1-14(2)17-4-3-15(20)11-18(17)26-10-9-25-8-6-21-19(24)27-16-5-7-22(12-16)13-23/h3-4,11,13-14,16H,5-10,12H2,1-2H3,(H,21,24). The van der Waals surface area contributed by atoms with Gasteiger partial charge in [-0.3, -0.25) is 4.79 Å². The molecule has 1 unspecified atom stereocenters. The van der Waals surface area contributed by atoms with E-state index in [2.05, 4.69) is 5.32 Å². The topological polar surface area (TPSA) is 77.1 Å². The van der Waals surface area contributed by atoms with Crippen LogP contribution in [0.4, 0.5) is 9.18 Å². The monoisotopic (exact) mass is 382 g/mol. The Hall–Kier alpha value is -2.35. The van der Waals surface area contributed by atoms with Crippen molar-refractivity contribution < 1.29 is 28.2 Å². The molecule has 0 saturated carbocycles. The van der Waals surface area contributed by atoms with Gasteiger partial charge in [-0.2, -0.15) is 0 Å². The number of benzene rings is 1. The van der Waals surface area contributed by atoms with Crippen molar-refractivity contribution in [3.63, 3.8) is 0 Å². The Balaban J connectivity index is 1.56. The highest BCUT2D eigenvalue weighted by Gasteiger charge is 2.24. The predicted octanol–water partition coefficient (Wildman–Crippen LogP) is 2.30. The van der Waals surface area contributed by atoms with Crippen molar-refractivity contribution >= 4 is 12.5 Å². The SMILES string of the molecule is CC(C)c1ccc(F)cc1OCCOCCNC(=O)OC1CCN(C=O)C1. The van der Waals surface area contributed by atoms with Crippen molar-refractivity contribution in [3.05, 3.63) is 29.6 Å². The van der Waals surface area contributed by atoms with Gasteiger partial charge in [-0.25, -0.2) is 9.18 Å². The van der Waals surface area contributed by atoms with Gasteiger partial charge in [0.15, 0.2) is 0 Å². The molecule has 1 N–H and O–H groups in total. The fourth-order valence-corrected chi connectivity index (χ4v) is 2.79. The molecule has 7 nitrogen and oxygen atoms in total. The number of rotatable bonds is 10. The highest BCUT2D eigenvalue weighted by atomic mass is 19.1. The van der Waals surface area contributed by atoms with Crippen LogP contribution in [0.15, 0.2) is 18.2 Å². The lowest BCUT2D eigenvalue weighted by molar-refractivity contribution is -0.117. The van der Waals surface area contributed by atoms with E-state index >= 15 is 0 Å². The summed E-state index contributed by atoms with van der Waals surface area (Å²) in [6.07, 6.45) is 0.628. The van der Waals surface area contributed by atoms with Gasteiger partial charge in [0.1, 0.15) is 24.3 Å². The van der Waals surface area contributed by atoms with Crippen molar-refractivity contribution in [2.45, 2.75) is 32.3 Å². The second-order valence-corrected chi connectivity index (χ2v) is 6.64. The number of halogens is 1. The van der Waals surface area contributed by atoms with Crippen LogP contribution in [0.25, 0.3) is 0 Å². The van der Waals surface area contributed by atoms with Crippen molar-refractivity contribution in [1.29, 1.82) is 0 Å². The quantitative estimate of drug-likeness (QED) is 0.496. The van der Waals surface area contributed by atoms with Crippen LogP contribution in [0.1, 0.15) is 31.7 Å². The number of ether oxygens (including phenoxy) is 3. The van der Waals surface area contributed by atoms with Gasteiger partial charge < -0.3 is 24.4 Å². The molecular weight excluding hydrogens is 355 g/mol. The number of alkyl carbamates (subject to hydrolysis) is 1. The van der Waals surface area contributed by atoms with E-state index in [4.69, 9.17) is 14.2 Å². The molecule has 2 rings (SSSR count). The van der Waals surface area contributed by atoms with Crippen LogP contribution in [0.3, 0.4) is 0 Å². The van der Waals surface area contributed by atoms with Crippen molar-refractivity contribution in [1.82, 2.24) is 10.2 Å². The summed E-state index contributed by atoms with van der Waals surface area (Å²) in [7, 11) is 0. The smallest absolute Gasteiger partial charge is 0.407 e. The Morgan fingerprint density at radius 2 is 2.19 bits per heavy atom. The number of likely N-dealkylation sites (tertiary alicyclic amines) is 1. The summed E-state index contributed by atoms with van der Waals surface area (Å²) in [5.74, 6) is 0.419. The van der Waals surface area contributed by atoms with Crippen LogP contribution in [0.2, 0.25) is 0 Å². The summed E-state index contributed by atoms with van der Waals surface area (Å²) >= 11 is 0. The summed E-state index contributed by atoms with van der Waals surface area (Å²) in [6, 6.07) is 4.53. The summed E-state index contributed by atoms with van der Waals surface area (Å²) in [6.45, 7) is 6.30. The lowest BCUT2D eigenvalue weighted by Crippen LogP contribution is -2.32. The third-order valence-corrected chi connectivity index (χ3v) is 4.20. The molecule has 1 saturated heterocycles. The normalized spacial score (nSPS) is 16.4. The van der Waals surface area contributed by atoms with Crippen LogP contribution in [-0.2, 0) is 14.3 Å². The van der Waals surface area contributed by atoms with Crippen LogP contribution in [0, 0.1) is 5.82 Å². The number of carbonyl (C=O) groups is 2. The summed E-state index contributed by atoms with van der Waals surface area (Å²) in [4.78, 5) is 23.8. The number of carbonyl (C=O) groups excluding carboxylic acids is 2. The molecule has 0 radical (unpaired) electrons. The fourth-order valence-electron chi connectivity index (χ4n) is 2.79. The molecule has 1 heterocycles. The maximum absolute atomic E-state index is 13.4. The van der Waals surface area contributed by atoms with E-state index in [0.29, 0.717) is 45.0 Å². The Morgan fingerprint density at radius 3 is 2.89 bits per heavy atom. The van der Waals surface area contributed by atoms with Gasteiger partial charge in [0, 0.05) is 25.6 Å². The number of amides is 2. The van der Waals surface area contributed by atoms with Gasteiger partial charge in [-0.1, -0.05) is 19.9 Å². The van der Waals surface area contributed by atoms with Crippen LogP contribution < -0.4 is 10.1 Å². The number of hydrogen-bond donors (Lipinski definition) is 1. The summed E-state index contributed by atoms with van der Waals surface area (Å²) in [5, 5.41) is 2.60.